The van der Waals surface area contributed by atoms with Crippen LogP contribution in [0.3, 0.4) is 0 Å². The molecule has 0 saturated carbocycles. The van der Waals surface area contributed by atoms with Gasteiger partial charge < -0.3 is 5.73 Å². The van der Waals surface area contributed by atoms with Gasteiger partial charge in [-0.1, -0.05) is 11.6 Å². The van der Waals surface area contributed by atoms with Crippen molar-refractivity contribution in [3.8, 4) is 0 Å². The predicted octanol–water partition coefficient (Wildman–Crippen LogP) is 2.00. The van der Waals surface area contributed by atoms with Crippen molar-refractivity contribution < 1.29 is 4.79 Å². The summed E-state index contributed by atoms with van der Waals surface area (Å²) < 4.78 is 0. The molecular weight excluding hydrogens is 174 g/mol. The Labute approximate surface area is 75.6 Å². The van der Waals surface area contributed by atoms with E-state index in [4.69, 9.17) is 17.3 Å². The summed E-state index contributed by atoms with van der Waals surface area (Å²) in [5.41, 5.74) is 5.65. The van der Waals surface area contributed by atoms with Gasteiger partial charge in [0, 0.05) is 16.7 Å². The standard InChI is InChI=1S/C9H8ClNO/c10-8-3-1-7(2-4-8)9(12)5-6-11/h1-6H,11H2. The Morgan fingerprint density at radius 1 is 1.33 bits per heavy atom. The van der Waals surface area contributed by atoms with Crippen LogP contribution in [0.2, 0.25) is 5.02 Å². The topological polar surface area (TPSA) is 43.1 Å². The third-order valence-electron chi connectivity index (χ3n) is 1.38. The van der Waals surface area contributed by atoms with Crippen LogP contribution < -0.4 is 5.73 Å². The largest absolute Gasteiger partial charge is 0.404 e. The van der Waals surface area contributed by atoms with E-state index < -0.39 is 0 Å². The van der Waals surface area contributed by atoms with Gasteiger partial charge in [0.2, 0.25) is 0 Å². The fourth-order valence-corrected chi connectivity index (χ4v) is 0.924. The molecule has 0 aliphatic heterocycles. The van der Waals surface area contributed by atoms with E-state index in [1.807, 2.05) is 0 Å². The number of carbonyl (C=O) groups excluding carboxylic acids is 1. The van der Waals surface area contributed by atoms with Gasteiger partial charge in [-0.2, -0.15) is 0 Å². The van der Waals surface area contributed by atoms with Crippen LogP contribution in [-0.4, -0.2) is 5.78 Å². The van der Waals surface area contributed by atoms with Crippen molar-refractivity contribution in [1.29, 1.82) is 0 Å². The van der Waals surface area contributed by atoms with Crippen LogP contribution in [0.25, 0.3) is 0 Å². The molecule has 0 spiro atoms. The second-order valence-corrected chi connectivity index (χ2v) is 2.67. The summed E-state index contributed by atoms with van der Waals surface area (Å²) in [6.45, 7) is 0. The van der Waals surface area contributed by atoms with E-state index in [9.17, 15) is 4.79 Å². The van der Waals surface area contributed by atoms with Gasteiger partial charge in [0.1, 0.15) is 0 Å². The van der Waals surface area contributed by atoms with Crippen molar-refractivity contribution in [2.45, 2.75) is 0 Å². The molecule has 0 bridgehead atoms. The summed E-state index contributed by atoms with van der Waals surface area (Å²) in [5, 5.41) is 0.614. The van der Waals surface area contributed by atoms with E-state index in [1.165, 1.54) is 12.3 Å². The molecule has 0 atom stereocenters. The fraction of sp³-hybridized carbons (Fsp3) is 0. The van der Waals surface area contributed by atoms with Gasteiger partial charge in [-0.3, -0.25) is 4.79 Å². The smallest absolute Gasteiger partial charge is 0.187 e. The van der Waals surface area contributed by atoms with Gasteiger partial charge in [-0.15, -0.1) is 0 Å². The number of hydrogen-bond acceptors (Lipinski definition) is 2. The van der Waals surface area contributed by atoms with Crippen LogP contribution in [0.15, 0.2) is 36.5 Å². The van der Waals surface area contributed by atoms with Gasteiger partial charge in [-0.25, -0.2) is 0 Å². The van der Waals surface area contributed by atoms with Crippen LogP contribution in [0.5, 0.6) is 0 Å². The molecule has 0 fully saturated rings. The molecule has 0 radical (unpaired) electrons. The van der Waals surface area contributed by atoms with Crippen molar-refractivity contribution in [2.24, 2.45) is 5.73 Å². The summed E-state index contributed by atoms with van der Waals surface area (Å²) in [6, 6.07) is 6.65. The molecule has 0 saturated heterocycles. The highest BCUT2D eigenvalue weighted by Gasteiger charge is 1.99. The first-order valence-corrected chi connectivity index (χ1v) is 3.80. The highest BCUT2D eigenvalue weighted by Crippen LogP contribution is 2.09. The molecule has 1 rings (SSSR count). The van der Waals surface area contributed by atoms with Crippen molar-refractivity contribution in [3.63, 3.8) is 0 Å². The maximum atomic E-state index is 11.1. The van der Waals surface area contributed by atoms with Crippen LogP contribution in [-0.2, 0) is 0 Å². The summed E-state index contributed by atoms with van der Waals surface area (Å²) in [4.78, 5) is 11.1. The lowest BCUT2D eigenvalue weighted by Gasteiger charge is -1.94. The molecule has 2 nitrogen and oxygen atoms in total. The molecule has 0 unspecified atom stereocenters. The maximum Gasteiger partial charge on any atom is 0.187 e. The molecule has 1 aromatic rings. The minimum Gasteiger partial charge on any atom is -0.404 e. The first-order chi connectivity index (χ1) is 5.74. The lowest BCUT2D eigenvalue weighted by atomic mass is 10.1. The lowest BCUT2D eigenvalue weighted by molar-refractivity contribution is 0.104. The minimum absolute atomic E-state index is 0.117. The predicted molar refractivity (Wildman–Crippen MR) is 49.1 cm³/mol. The quantitative estimate of drug-likeness (QED) is 0.560. The van der Waals surface area contributed by atoms with Crippen LogP contribution >= 0.6 is 11.6 Å². The number of allylic oxidation sites excluding steroid dienone is 1. The van der Waals surface area contributed by atoms with Gasteiger partial charge >= 0.3 is 0 Å². The van der Waals surface area contributed by atoms with Gasteiger partial charge in [-0.05, 0) is 30.5 Å². The first kappa shape index (κ1) is 8.81. The van der Waals surface area contributed by atoms with E-state index in [0.29, 0.717) is 10.6 Å². The van der Waals surface area contributed by atoms with Crippen molar-refractivity contribution in [1.82, 2.24) is 0 Å². The Bertz CT molecular complexity index is 303. The van der Waals surface area contributed by atoms with Crippen LogP contribution in [0.4, 0.5) is 0 Å². The van der Waals surface area contributed by atoms with Crippen molar-refractivity contribution in [3.05, 3.63) is 47.1 Å². The Hall–Kier alpha value is -1.28. The molecule has 0 aromatic heterocycles. The summed E-state index contributed by atoms with van der Waals surface area (Å²) >= 11 is 5.64. The van der Waals surface area contributed by atoms with Crippen LogP contribution in [0.1, 0.15) is 10.4 Å². The first-order valence-electron chi connectivity index (χ1n) is 3.42. The Morgan fingerprint density at radius 2 is 1.92 bits per heavy atom. The molecular formula is C9H8ClNO. The van der Waals surface area contributed by atoms with E-state index in [1.54, 1.807) is 24.3 Å². The molecule has 12 heavy (non-hydrogen) atoms. The number of carbonyl (C=O) groups is 1. The lowest BCUT2D eigenvalue weighted by Crippen LogP contribution is -1.94. The summed E-state index contributed by atoms with van der Waals surface area (Å²) in [7, 11) is 0. The number of halogens is 1. The monoisotopic (exact) mass is 181 g/mol. The number of nitrogens with two attached hydrogens (primary N) is 1. The van der Waals surface area contributed by atoms with Gasteiger partial charge in [0.15, 0.2) is 5.78 Å². The molecule has 0 aliphatic rings. The Morgan fingerprint density at radius 3 is 2.42 bits per heavy atom. The Kier molecular flexibility index (Phi) is 2.88. The minimum atomic E-state index is -0.117. The third kappa shape index (κ3) is 2.10. The highest BCUT2D eigenvalue weighted by molar-refractivity contribution is 6.30. The molecule has 0 aliphatic carbocycles. The number of rotatable bonds is 2. The van der Waals surface area contributed by atoms with Crippen molar-refractivity contribution in [2.75, 3.05) is 0 Å². The zero-order chi connectivity index (χ0) is 8.97. The fourth-order valence-electron chi connectivity index (χ4n) is 0.798. The number of benzene rings is 1. The Balaban J connectivity index is 2.90. The zero-order valence-corrected chi connectivity index (χ0v) is 7.08. The van der Waals surface area contributed by atoms with E-state index in [2.05, 4.69) is 0 Å². The molecule has 2 N–H and O–H groups in total. The molecule has 1 aromatic carbocycles. The third-order valence-corrected chi connectivity index (χ3v) is 1.63. The second-order valence-electron chi connectivity index (χ2n) is 2.23. The average Bonchev–Trinajstić information content (AvgIpc) is 2.06. The van der Waals surface area contributed by atoms with Crippen LogP contribution in [0, 0.1) is 0 Å². The van der Waals surface area contributed by atoms with E-state index in [-0.39, 0.29) is 5.78 Å². The van der Waals surface area contributed by atoms with Gasteiger partial charge in [0.05, 0.1) is 0 Å². The molecule has 62 valence electrons. The molecule has 0 heterocycles. The average molecular weight is 182 g/mol. The highest BCUT2D eigenvalue weighted by atomic mass is 35.5. The second kappa shape index (κ2) is 3.93. The SMILES string of the molecule is NC=CC(=O)c1ccc(Cl)cc1. The summed E-state index contributed by atoms with van der Waals surface area (Å²) in [6.07, 6.45) is 2.53. The molecule has 0 amide bonds. The van der Waals surface area contributed by atoms with E-state index >= 15 is 0 Å². The van der Waals surface area contributed by atoms with E-state index in [0.717, 1.165) is 0 Å². The van der Waals surface area contributed by atoms with Crippen molar-refractivity contribution >= 4 is 17.4 Å². The normalized spacial score (nSPS) is 10.4. The zero-order valence-electron chi connectivity index (χ0n) is 6.33. The number of hydrogen-bond donors (Lipinski definition) is 1. The summed E-state index contributed by atoms with van der Waals surface area (Å²) in [5.74, 6) is -0.117. The maximum absolute atomic E-state index is 11.1. The molecule has 3 heteroatoms. The number of ketones is 1. The van der Waals surface area contributed by atoms with Gasteiger partial charge in [0.25, 0.3) is 0 Å².